The molecule has 3 N–H and O–H groups in total. The Morgan fingerprint density at radius 3 is 0.918 bits per heavy atom. The van der Waals surface area contributed by atoms with Crippen LogP contribution in [0.5, 0.6) is 0 Å². The summed E-state index contributed by atoms with van der Waals surface area (Å²) in [4.78, 5) is 72.7. The molecule has 0 radical (unpaired) electrons. The zero-order valence-corrected chi connectivity index (χ0v) is 62.2. The number of phosphoric ester groups is 2. The van der Waals surface area contributed by atoms with Gasteiger partial charge in [-0.15, -0.1) is 0 Å². The van der Waals surface area contributed by atoms with Gasteiger partial charge in [-0.1, -0.05) is 250 Å². The fourth-order valence-electron chi connectivity index (χ4n) is 8.98. The Kier molecular flexibility index (Phi) is 66.3. The highest BCUT2D eigenvalue weighted by molar-refractivity contribution is 7.47. The van der Waals surface area contributed by atoms with E-state index in [1.165, 1.54) is 12.8 Å². The van der Waals surface area contributed by atoms with Gasteiger partial charge < -0.3 is 33.8 Å². The number of unbranched alkanes of at least 4 members (excludes halogenated alkanes) is 16. The van der Waals surface area contributed by atoms with E-state index in [0.717, 1.165) is 167 Å². The molecule has 0 aromatic rings. The Labute approximate surface area is 591 Å². The number of carbonyl (C=O) groups excluding carboxylic acids is 4. The Bertz CT molecular complexity index is 2480. The smallest absolute Gasteiger partial charge is 0.462 e. The van der Waals surface area contributed by atoms with Crippen molar-refractivity contribution in [3.63, 3.8) is 0 Å². The first kappa shape index (κ1) is 92.7. The molecule has 0 bridgehead atoms. The molecule has 0 heterocycles. The molecule has 5 unspecified atom stereocenters. The van der Waals surface area contributed by atoms with Gasteiger partial charge in [-0.3, -0.25) is 37.3 Å². The molecule has 0 aliphatic heterocycles. The standard InChI is InChI=1S/C79H128O17P2/c1-5-9-13-17-21-25-29-32-35-36-39-41-45-48-52-56-60-64-77(82)89-69-74(95-78(83)65-61-57-53-49-43-28-24-20-16-12-8-4)71-93-97(85,86)91-67-73(80)68-92-98(87,88)94-72-75(96-79(84)66-62-58-54-50-46-42-38-34-31-27-23-19-15-11-7-3)70-90-76(81)63-59-55-51-47-44-40-37-33-30-26-22-18-14-10-6-2/h9-11,13-15,20-27,32-35,37-39,41,44,47,55,59,73-75,80H,5-8,12,16-19,28-31,36,40,42-43,45-46,48-54,56-58,60-72H2,1-4H3,(H,85,86)(H,87,88)/b13-9-,14-10-,15-11-,24-20-,25-21-,26-22-,27-23-,35-32-,37-33-,38-34-,41-39-,47-44-,59-55-. The minimum atomic E-state index is -5.00. The SMILES string of the molecule is CC/C=C\C/C=C\C/C=C\C/C=C\C/C=C\CC(=O)OCC(COP(=O)(O)OCC(O)COP(=O)(O)OCC(COC(=O)CCCCCC/C=C\C/C=C\C/C=C\C/C=C\CC)OC(=O)CCCCCCC/C=C\CCCC)OC(=O)CCCCCCC/C=C\C/C=C\C/C=C\CC. The summed E-state index contributed by atoms with van der Waals surface area (Å²) in [5.74, 6) is -2.39. The van der Waals surface area contributed by atoms with E-state index in [-0.39, 0.29) is 25.7 Å². The van der Waals surface area contributed by atoms with E-state index in [1.807, 2.05) is 18.2 Å². The Morgan fingerprint density at radius 1 is 0.306 bits per heavy atom. The summed E-state index contributed by atoms with van der Waals surface area (Å²) >= 11 is 0. The topological polar surface area (TPSA) is 237 Å². The lowest BCUT2D eigenvalue weighted by molar-refractivity contribution is -0.161. The maximum atomic E-state index is 13.0. The summed E-state index contributed by atoms with van der Waals surface area (Å²) in [5.41, 5.74) is 0. The molecule has 5 atom stereocenters. The zero-order chi connectivity index (χ0) is 71.8. The minimum Gasteiger partial charge on any atom is -0.462 e. The fraction of sp³-hybridized carbons (Fsp3) is 0.620. The highest BCUT2D eigenvalue weighted by atomic mass is 31.2. The van der Waals surface area contributed by atoms with Crippen LogP contribution in [0.1, 0.15) is 259 Å². The van der Waals surface area contributed by atoms with Gasteiger partial charge in [0.1, 0.15) is 19.3 Å². The van der Waals surface area contributed by atoms with E-state index in [1.54, 1.807) is 6.08 Å². The number of carbonyl (C=O) groups is 4. The van der Waals surface area contributed by atoms with Crippen molar-refractivity contribution in [1.29, 1.82) is 0 Å². The predicted molar refractivity (Wildman–Crippen MR) is 399 cm³/mol. The second-order valence-electron chi connectivity index (χ2n) is 23.8. The predicted octanol–water partition coefficient (Wildman–Crippen LogP) is 20.9. The molecule has 0 aliphatic carbocycles. The summed E-state index contributed by atoms with van der Waals surface area (Å²) < 4.78 is 68.2. The third-order valence-electron chi connectivity index (χ3n) is 14.5. The second-order valence-corrected chi connectivity index (χ2v) is 26.7. The lowest BCUT2D eigenvalue weighted by Crippen LogP contribution is -2.30. The summed E-state index contributed by atoms with van der Waals surface area (Å²) in [5, 5.41) is 10.6. The average Bonchev–Trinajstić information content (AvgIpc) is 0.982. The van der Waals surface area contributed by atoms with Crippen LogP contribution in [0.4, 0.5) is 0 Å². The van der Waals surface area contributed by atoms with Crippen molar-refractivity contribution in [2.45, 2.75) is 277 Å². The van der Waals surface area contributed by atoms with E-state index < -0.39 is 97.5 Å². The Morgan fingerprint density at radius 2 is 0.571 bits per heavy atom. The number of hydrogen-bond donors (Lipinski definition) is 3. The summed E-state index contributed by atoms with van der Waals surface area (Å²) in [6.07, 6.45) is 79.9. The van der Waals surface area contributed by atoms with Crippen LogP contribution in [0.2, 0.25) is 0 Å². The molecular weight excluding hydrogens is 1280 g/mol. The van der Waals surface area contributed by atoms with Crippen molar-refractivity contribution >= 4 is 39.5 Å². The number of ether oxygens (including phenoxy) is 4. The number of hydrogen-bond acceptors (Lipinski definition) is 15. The number of aliphatic hydroxyl groups is 1. The van der Waals surface area contributed by atoms with Crippen molar-refractivity contribution in [1.82, 2.24) is 0 Å². The lowest BCUT2D eigenvalue weighted by atomic mass is 10.1. The van der Waals surface area contributed by atoms with Gasteiger partial charge in [-0.05, 0) is 141 Å². The van der Waals surface area contributed by atoms with Crippen molar-refractivity contribution in [3.05, 3.63) is 158 Å². The van der Waals surface area contributed by atoms with Crippen molar-refractivity contribution in [2.75, 3.05) is 39.6 Å². The molecule has 556 valence electrons. The minimum absolute atomic E-state index is 0.0503. The number of rotatable bonds is 67. The number of allylic oxidation sites excluding steroid dienone is 25. The van der Waals surface area contributed by atoms with Crippen molar-refractivity contribution in [2.24, 2.45) is 0 Å². The number of aliphatic hydroxyl groups excluding tert-OH is 1. The van der Waals surface area contributed by atoms with Gasteiger partial charge in [-0.2, -0.15) is 0 Å². The Hall–Kier alpha value is -5.32. The molecule has 0 aliphatic rings. The molecule has 0 fully saturated rings. The first-order valence-corrected chi connectivity index (χ1v) is 39.7. The van der Waals surface area contributed by atoms with Crippen LogP contribution in [0.15, 0.2) is 158 Å². The van der Waals surface area contributed by atoms with Gasteiger partial charge in [0.25, 0.3) is 0 Å². The van der Waals surface area contributed by atoms with Gasteiger partial charge >= 0.3 is 39.5 Å². The lowest BCUT2D eigenvalue weighted by Gasteiger charge is -2.21. The van der Waals surface area contributed by atoms with Gasteiger partial charge in [0, 0.05) is 19.3 Å². The van der Waals surface area contributed by atoms with Crippen LogP contribution < -0.4 is 0 Å². The van der Waals surface area contributed by atoms with E-state index >= 15 is 0 Å². The van der Waals surface area contributed by atoms with Crippen LogP contribution in [-0.4, -0.2) is 96.7 Å². The monoisotopic (exact) mass is 1410 g/mol. The van der Waals surface area contributed by atoms with Crippen LogP contribution in [0, 0.1) is 0 Å². The third kappa shape index (κ3) is 69.2. The molecule has 0 saturated heterocycles. The van der Waals surface area contributed by atoms with E-state index in [0.29, 0.717) is 25.7 Å². The number of esters is 4. The van der Waals surface area contributed by atoms with Crippen molar-refractivity contribution < 1.29 is 80.2 Å². The third-order valence-corrected chi connectivity index (χ3v) is 16.4. The summed E-state index contributed by atoms with van der Waals surface area (Å²) in [6, 6.07) is 0. The van der Waals surface area contributed by atoms with E-state index in [4.69, 9.17) is 37.0 Å². The zero-order valence-electron chi connectivity index (χ0n) is 60.4. The quantitative estimate of drug-likeness (QED) is 0.0169. The molecule has 0 spiro atoms. The highest BCUT2D eigenvalue weighted by Crippen LogP contribution is 2.45. The maximum Gasteiger partial charge on any atom is 0.472 e. The van der Waals surface area contributed by atoms with Gasteiger partial charge in [-0.25, -0.2) is 9.13 Å². The van der Waals surface area contributed by atoms with Crippen LogP contribution in [0.3, 0.4) is 0 Å². The molecule has 17 nitrogen and oxygen atoms in total. The molecule has 19 heteroatoms. The molecule has 0 aromatic heterocycles. The fourth-order valence-corrected chi connectivity index (χ4v) is 10.6. The molecule has 98 heavy (non-hydrogen) atoms. The summed E-state index contributed by atoms with van der Waals surface area (Å²) in [7, 11) is -9.99. The largest absolute Gasteiger partial charge is 0.472 e. The molecule has 0 rings (SSSR count). The Balaban J connectivity index is 5.44. The first-order chi connectivity index (χ1) is 47.7. The van der Waals surface area contributed by atoms with E-state index in [9.17, 15) is 43.2 Å². The first-order valence-electron chi connectivity index (χ1n) is 36.7. The molecule has 0 aromatic carbocycles. The highest BCUT2D eigenvalue weighted by Gasteiger charge is 2.30. The molecular formula is C79H128O17P2. The van der Waals surface area contributed by atoms with Gasteiger partial charge in [0.15, 0.2) is 12.2 Å². The maximum absolute atomic E-state index is 13.0. The van der Waals surface area contributed by atoms with Crippen LogP contribution in [0.25, 0.3) is 0 Å². The summed E-state index contributed by atoms with van der Waals surface area (Å²) in [6.45, 7) is 4.28. The van der Waals surface area contributed by atoms with Crippen LogP contribution >= 0.6 is 15.6 Å². The molecule has 0 amide bonds. The van der Waals surface area contributed by atoms with Crippen LogP contribution in [-0.2, 0) is 65.4 Å². The van der Waals surface area contributed by atoms with Gasteiger partial charge in [0.2, 0.25) is 0 Å². The van der Waals surface area contributed by atoms with Gasteiger partial charge in [0.05, 0.1) is 32.8 Å². The van der Waals surface area contributed by atoms with E-state index in [2.05, 4.69) is 161 Å². The molecule has 0 saturated carbocycles. The number of phosphoric acid groups is 2. The second kappa shape index (κ2) is 70.1. The normalized spacial score (nSPS) is 14.9. The average molecular weight is 1410 g/mol. The van der Waals surface area contributed by atoms with Crippen molar-refractivity contribution in [3.8, 4) is 0 Å².